The summed E-state index contributed by atoms with van der Waals surface area (Å²) in [5.74, 6) is -0.185. The zero-order valence-electron chi connectivity index (χ0n) is 8.35. The Labute approximate surface area is 88.2 Å². The molecule has 0 saturated carbocycles. The first-order valence-electron chi connectivity index (χ1n) is 4.14. The second kappa shape index (κ2) is 4.31. The van der Waals surface area contributed by atoms with Gasteiger partial charge in [0.15, 0.2) is 5.75 Å². The Morgan fingerprint density at radius 1 is 1.33 bits per heavy atom. The van der Waals surface area contributed by atoms with Gasteiger partial charge in [-0.15, -0.1) is 0 Å². The first kappa shape index (κ1) is 11.5. The van der Waals surface area contributed by atoms with Crippen LogP contribution in [0.3, 0.4) is 0 Å². The second-order valence-corrected chi connectivity index (χ2v) is 4.54. The molecule has 0 radical (unpaired) electrons. The second-order valence-electron chi connectivity index (χ2n) is 2.96. The van der Waals surface area contributed by atoms with Crippen molar-refractivity contribution in [3.63, 3.8) is 0 Å². The molecule has 0 heterocycles. The van der Waals surface area contributed by atoms with Gasteiger partial charge in [-0.25, -0.2) is 0 Å². The minimum atomic E-state index is -3.59. The van der Waals surface area contributed by atoms with Gasteiger partial charge >= 0.3 is 10.1 Å². The molecule has 0 bridgehead atoms. The lowest BCUT2D eigenvalue weighted by atomic mass is 10.3. The highest BCUT2D eigenvalue weighted by molar-refractivity contribution is 7.86. The van der Waals surface area contributed by atoms with Crippen molar-refractivity contribution in [2.24, 2.45) is 0 Å². The standard InChI is InChI=1S/C9H11NO4S/c1-7(11)10-8-5-3-4-6-9(8)14-15(2,12)13/h3-6H,1-2H3,(H,10,11). The number of hydrogen-bond acceptors (Lipinski definition) is 4. The van der Waals surface area contributed by atoms with E-state index in [-0.39, 0.29) is 11.7 Å². The molecular formula is C9H11NO4S. The van der Waals surface area contributed by atoms with Crippen LogP contribution in [0.4, 0.5) is 5.69 Å². The maximum absolute atomic E-state index is 10.9. The molecule has 1 aromatic carbocycles. The molecule has 0 aliphatic heterocycles. The van der Waals surface area contributed by atoms with Crippen molar-refractivity contribution in [2.45, 2.75) is 6.92 Å². The van der Waals surface area contributed by atoms with Gasteiger partial charge in [-0.05, 0) is 12.1 Å². The molecule has 0 spiro atoms. The third-order valence-corrected chi connectivity index (χ3v) is 1.92. The molecule has 0 saturated heterocycles. The maximum atomic E-state index is 10.9. The fourth-order valence-electron chi connectivity index (χ4n) is 0.995. The monoisotopic (exact) mass is 229 g/mol. The molecule has 15 heavy (non-hydrogen) atoms. The van der Waals surface area contributed by atoms with E-state index in [9.17, 15) is 13.2 Å². The van der Waals surface area contributed by atoms with Crippen molar-refractivity contribution < 1.29 is 17.4 Å². The van der Waals surface area contributed by atoms with Crippen LogP contribution in [0.5, 0.6) is 5.75 Å². The summed E-state index contributed by atoms with van der Waals surface area (Å²) < 4.78 is 26.5. The zero-order valence-corrected chi connectivity index (χ0v) is 9.17. The number of amides is 1. The van der Waals surface area contributed by atoms with Crippen molar-refractivity contribution in [3.8, 4) is 5.75 Å². The number of rotatable bonds is 3. The van der Waals surface area contributed by atoms with Gasteiger partial charge in [-0.2, -0.15) is 8.42 Å². The van der Waals surface area contributed by atoms with Crippen LogP contribution in [-0.4, -0.2) is 20.6 Å². The highest BCUT2D eigenvalue weighted by Gasteiger charge is 2.09. The molecule has 0 aliphatic carbocycles. The predicted octanol–water partition coefficient (Wildman–Crippen LogP) is 0.983. The summed E-state index contributed by atoms with van der Waals surface area (Å²) >= 11 is 0. The number of nitrogens with one attached hydrogen (secondary N) is 1. The van der Waals surface area contributed by atoms with Crippen molar-refractivity contribution in [1.29, 1.82) is 0 Å². The van der Waals surface area contributed by atoms with Crippen LogP contribution in [0.1, 0.15) is 6.92 Å². The van der Waals surface area contributed by atoms with Crippen LogP contribution in [0.15, 0.2) is 24.3 Å². The molecule has 1 amide bonds. The van der Waals surface area contributed by atoms with Gasteiger partial charge in [-0.1, -0.05) is 12.1 Å². The van der Waals surface area contributed by atoms with Gasteiger partial charge < -0.3 is 9.50 Å². The van der Waals surface area contributed by atoms with Crippen LogP contribution < -0.4 is 9.50 Å². The third kappa shape index (κ3) is 3.99. The van der Waals surface area contributed by atoms with Crippen molar-refractivity contribution in [2.75, 3.05) is 11.6 Å². The number of benzene rings is 1. The topological polar surface area (TPSA) is 72.5 Å². The Balaban J connectivity index is 3.01. The normalized spacial score (nSPS) is 10.8. The lowest BCUT2D eigenvalue weighted by Crippen LogP contribution is -2.11. The molecule has 0 aromatic heterocycles. The van der Waals surface area contributed by atoms with E-state index in [0.717, 1.165) is 6.26 Å². The predicted molar refractivity (Wildman–Crippen MR) is 56.2 cm³/mol. The molecule has 0 unspecified atom stereocenters. The van der Waals surface area contributed by atoms with E-state index in [1.807, 2.05) is 0 Å². The summed E-state index contributed by atoms with van der Waals surface area (Å²) in [6.45, 7) is 1.33. The lowest BCUT2D eigenvalue weighted by molar-refractivity contribution is -0.114. The molecule has 0 aliphatic rings. The van der Waals surface area contributed by atoms with Crippen molar-refractivity contribution >= 4 is 21.7 Å². The minimum Gasteiger partial charge on any atom is -0.380 e. The van der Waals surface area contributed by atoms with Crippen molar-refractivity contribution in [3.05, 3.63) is 24.3 Å². The molecule has 1 N–H and O–H groups in total. The van der Waals surface area contributed by atoms with E-state index in [1.54, 1.807) is 18.2 Å². The van der Waals surface area contributed by atoms with E-state index >= 15 is 0 Å². The van der Waals surface area contributed by atoms with E-state index < -0.39 is 10.1 Å². The Hall–Kier alpha value is -1.56. The van der Waals surface area contributed by atoms with Crippen molar-refractivity contribution in [1.82, 2.24) is 0 Å². The Bertz CT molecular complexity index is 467. The molecule has 1 aromatic rings. The first-order valence-corrected chi connectivity index (χ1v) is 5.96. The molecule has 1 rings (SSSR count). The summed E-state index contributed by atoms with van der Waals surface area (Å²) in [5, 5.41) is 2.47. The Kier molecular flexibility index (Phi) is 3.31. The fraction of sp³-hybridized carbons (Fsp3) is 0.222. The van der Waals surface area contributed by atoms with Crippen LogP contribution in [0.25, 0.3) is 0 Å². The lowest BCUT2D eigenvalue weighted by Gasteiger charge is -2.08. The SMILES string of the molecule is CC(=O)Nc1ccccc1OS(C)(=O)=O. The molecule has 5 nitrogen and oxygen atoms in total. The van der Waals surface area contributed by atoms with Crippen LogP contribution >= 0.6 is 0 Å². The molecule has 0 atom stereocenters. The summed E-state index contributed by atoms with van der Waals surface area (Å²) in [6, 6.07) is 6.31. The highest BCUT2D eigenvalue weighted by atomic mass is 32.2. The van der Waals surface area contributed by atoms with Gasteiger partial charge in [0.2, 0.25) is 5.91 Å². The number of para-hydroxylation sites is 2. The van der Waals surface area contributed by atoms with E-state index in [1.165, 1.54) is 13.0 Å². The quantitative estimate of drug-likeness (QED) is 0.784. The highest BCUT2D eigenvalue weighted by Crippen LogP contribution is 2.24. The van der Waals surface area contributed by atoms with Crippen LogP contribution in [0.2, 0.25) is 0 Å². The number of anilines is 1. The molecule has 82 valence electrons. The first-order chi connectivity index (χ1) is 6.88. The van der Waals surface area contributed by atoms with Gasteiger partial charge in [-0.3, -0.25) is 4.79 Å². The largest absolute Gasteiger partial charge is 0.380 e. The number of hydrogen-bond donors (Lipinski definition) is 1. The molecule has 6 heteroatoms. The van der Waals surface area contributed by atoms with E-state index in [0.29, 0.717) is 5.69 Å². The number of carbonyl (C=O) groups is 1. The Morgan fingerprint density at radius 2 is 1.93 bits per heavy atom. The van der Waals surface area contributed by atoms with Crippen LogP contribution in [-0.2, 0) is 14.9 Å². The summed E-state index contributed by atoms with van der Waals surface area (Å²) in [7, 11) is -3.59. The van der Waals surface area contributed by atoms with Gasteiger partial charge in [0.25, 0.3) is 0 Å². The van der Waals surface area contributed by atoms with E-state index in [4.69, 9.17) is 4.18 Å². The average Bonchev–Trinajstić information content (AvgIpc) is 2.05. The van der Waals surface area contributed by atoms with Crippen LogP contribution in [0, 0.1) is 0 Å². The van der Waals surface area contributed by atoms with Gasteiger partial charge in [0.05, 0.1) is 11.9 Å². The summed E-state index contributed by atoms with van der Waals surface area (Å²) in [5.41, 5.74) is 0.329. The molecule has 0 fully saturated rings. The average molecular weight is 229 g/mol. The smallest absolute Gasteiger partial charge is 0.306 e. The summed E-state index contributed by atoms with van der Waals surface area (Å²) in [6.07, 6.45) is 0.942. The maximum Gasteiger partial charge on any atom is 0.306 e. The van der Waals surface area contributed by atoms with E-state index in [2.05, 4.69) is 5.32 Å². The third-order valence-electron chi connectivity index (χ3n) is 1.44. The minimum absolute atomic E-state index is 0.107. The summed E-state index contributed by atoms with van der Waals surface area (Å²) in [4.78, 5) is 10.8. The molecular weight excluding hydrogens is 218 g/mol. The van der Waals surface area contributed by atoms with Gasteiger partial charge in [0, 0.05) is 6.92 Å². The fourth-order valence-corrected chi connectivity index (χ4v) is 1.47. The van der Waals surface area contributed by atoms with Gasteiger partial charge in [0.1, 0.15) is 0 Å². The Morgan fingerprint density at radius 3 is 2.47 bits per heavy atom. The zero-order chi connectivity index (χ0) is 11.5. The number of carbonyl (C=O) groups excluding carboxylic acids is 1.